The van der Waals surface area contributed by atoms with Gasteiger partial charge in [0.1, 0.15) is 6.10 Å². The van der Waals surface area contributed by atoms with E-state index in [0.717, 1.165) is 55.2 Å². The second kappa shape index (κ2) is 8.35. The maximum absolute atomic E-state index is 9.84. The smallest absolute Gasteiger partial charge is 0.257 e. The first-order valence-electron chi connectivity index (χ1n) is 10.7. The summed E-state index contributed by atoms with van der Waals surface area (Å²) in [4.78, 5) is 15.9. The van der Waals surface area contributed by atoms with Crippen LogP contribution in [-0.4, -0.2) is 51.4 Å². The van der Waals surface area contributed by atoms with Crippen LogP contribution in [-0.2, 0) is 0 Å². The third kappa shape index (κ3) is 4.06. The minimum Gasteiger partial charge on any atom is -0.472 e. The highest BCUT2D eigenvalue weighted by Crippen LogP contribution is 2.34. The van der Waals surface area contributed by atoms with Gasteiger partial charge in [-0.2, -0.15) is 0 Å². The number of fused-ring (bicyclic) bond motifs is 1. The fourth-order valence-corrected chi connectivity index (χ4v) is 5.20. The number of aliphatic hydroxyl groups excluding tert-OH is 1. The van der Waals surface area contributed by atoms with Gasteiger partial charge in [-0.3, -0.25) is 0 Å². The zero-order valence-electron chi connectivity index (χ0n) is 17.1. The van der Waals surface area contributed by atoms with E-state index in [9.17, 15) is 5.11 Å². The van der Waals surface area contributed by atoms with Crippen molar-refractivity contribution in [3.8, 4) is 5.88 Å². The number of rotatable bonds is 6. The van der Waals surface area contributed by atoms with Gasteiger partial charge in [0, 0.05) is 44.4 Å². The van der Waals surface area contributed by atoms with Crippen LogP contribution in [0.4, 0.5) is 10.9 Å². The van der Waals surface area contributed by atoms with E-state index in [0.29, 0.717) is 17.8 Å². The Bertz CT molecular complexity index is 963. The van der Waals surface area contributed by atoms with Gasteiger partial charge in [0.2, 0.25) is 0 Å². The molecule has 1 aromatic carbocycles. The molecule has 2 N–H and O–H groups in total. The van der Waals surface area contributed by atoms with Crippen molar-refractivity contribution in [1.29, 1.82) is 0 Å². The SMILES string of the molecule is CC(O)C1CCN(c2nccnc2OC2CC(Nc3nc4ccccc4s3)C2)CC1. The van der Waals surface area contributed by atoms with Crippen LogP contribution in [0.1, 0.15) is 32.6 Å². The fraction of sp³-hybridized carbons (Fsp3) is 0.500. The van der Waals surface area contributed by atoms with Gasteiger partial charge >= 0.3 is 0 Å². The van der Waals surface area contributed by atoms with Crippen molar-refractivity contribution in [2.45, 2.75) is 50.9 Å². The minimum absolute atomic E-state index is 0.141. The molecule has 1 saturated heterocycles. The number of aliphatic hydroxyl groups is 1. The molecule has 1 unspecified atom stereocenters. The first-order valence-corrected chi connectivity index (χ1v) is 11.5. The second-order valence-corrected chi connectivity index (χ2v) is 9.32. The largest absolute Gasteiger partial charge is 0.472 e. The van der Waals surface area contributed by atoms with Crippen LogP contribution in [0.3, 0.4) is 0 Å². The minimum atomic E-state index is -0.250. The van der Waals surface area contributed by atoms with E-state index in [1.807, 2.05) is 25.1 Å². The number of nitrogens with one attached hydrogen (secondary N) is 1. The zero-order chi connectivity index (χ0) is 20.5. The number of benzene rings is 1. The molecule has 1 aliphatic heterocycles. The number of anilines is 2. The van der Waals surface area contributed by atoms with E-state index in [2.05, 4.69) is 31.2 Å². The Labute approximate surface area is 180 Å². The van der Waals surface area contributed by atoms with Gasteiger partial charge in [-0.1, -0.05) is 23.5 Å². The van der Waals surface area contributed by atoms with Gasteiger partial charge in [0.25, 0.3) is 5.88 Å². The highest BCUT2D eigenvalue weighted by molar-refractivity contribution is 7.22. The van der Waals surface area contributed by atoms with E-state index in [1.165, 1.54) is 4.70 Å². The van der Waals surface area contributed by atoms with Crippen molar-refractivity contribution in [2.24, 2.45) is 5.92 Å². The Balaban J connectivity index is 1.17. The molecule has 7 nitrogen and oxygen atoms in total. The summed E-state index contributed by atoms with van der Waals surface area (Å²) in [6.45, 7) is 3.63. The summed E-state index contributed by atoms with van der Waals surface area (Å²) in [6.07, 6.45) is 7.09. The first kappa shape index (κ1) is 19.5. The normalized spacial score (nSPS) is 23.2. The van der Waals surface area contributed by atoms with Crippen LogP contribution in [0.25, 0.3) is 10.2 Å². The molecule has 2 aromatic heterocycles. The van der Waals surface area contributed by atoms with Gasteiger partial charge in [0.15, 0.2) is 10.9 Å². The summed E-state index contributed by atoms with van der Waals surface area (Å²) in [5.41, 5.74) is 1.04. The van der Waals surface area contributed by atoms with Crippen LogP contribution in [0, 0.1) is 5.92 Å². The van der Waals surface area contributed by atoms with Gasteiger partial charge in [-0.15, -0.1) is 0 Å². The number of para-hydroxylation sites is 1. The summed E-state index contributed by atoms with van der Waals surface area (Å²) in [5.74, 6) is 1.81. The molecule has 0 radical (unpaired) electrons. The van der Waals surface area contributed by atoms with Crippen LogP contribution in [0.5, 0.6) is 5.88 Å². The van der Waals surface area contributed by atoms with Crippen LogP contribution in [0.15, 0.2) is 36.7 Å². The van der Waals surface area contributed by atoms with E-state index >= 15 is 0 Å². The van der Waals surface area contributed by atoms with E-state index in [4.69, 9.17) is 4.74 Å². The summed E-state index contributed by atoms with van der Waals surface area (Å²) >= 11 is 1.69. The molecule has 0 spiro atoms. The fourth-order valence-electron chi connectivity index (χ4n) is 4.26. The van der Waals surface area contributed by atoms with E-state index in [1.54, 1.807) is 23.7 Å². The molecule has 2 aliphatic rings. The quantitative estimate of drug-likeness (QED) is 0.623. The van der Waals surface area contributed by atoms with Crippen molar-refractivity contribution >= 4 is 32.5 Å². The predicted molar refractivity (Wildman–Crippen MR) is 119 cm³/mol. The number of ether oxygens (including phenoxy) is 1. The highest BCUT2D eigenvalue weighted by atomic mass is 32.1. The molecule has 2 fully saturated rings. The Kier molecular flexibility index (Phi) is 5.43. The van der Waals surface area contributed by atoms with Crippen LogP contribution >= 0.6 is 11.3 Å². The molecule has 1 atom stereocenters. The third-order valence-electron chi connectivity index (χ3n) is 6.16. The number of thiazole rings is 1. The first-order chi connectivity index (χ1) is 14.7. The molecule has 8 heteroatoms. The number of nitrogens with zero attached hydrogens (tertiary/aromatic N) is 4. The maximum atomic E-state index is 9.84. The molecule has 30 heavy (non-hydrogen) atoms. The molecular formula is C22H27N5O2S. The number of piperidine rings is 1. The lowest BCUT2D eigenvalue weighted by molar-refractivity contribution is 0.101. The average molecular weight is 426 g/mol. The number of aromatic nitrogens is 3. The number of hydrogen-bond donors (Lipinski definition) is 2. The van der Waals surface area contributed by atoms with Crippen molar-refractivity contribution in [3.05, 3.63) is 36.7 Å². The van der Waals surface area contributed by atoms with Crippen molar-refractivity contribution < 1.29 is 9.84 Å². The Morgan fingerprint density at radius 2 is 1.93 bits per heavy atom. The molecule has 1 saturated carbocycles. The van der Waals surface area contributed by atoms with Crippen LogP contribution in [0.2, 0.25) is 0 Å². The summed E-state index contributed by atoms with van der Waals surface area (Å²) < 4.78 is 7.42. The molecule has 5 rings (SSSR count). The molecule has 158 valence electrons. The molecule has 0 amide bonds. The summed E-state index contributed by atoms with van der Waals surface area (Å²) in [5, 5.41) is 14.3. The topological polar surface area (TPSA) is 83.4 Å². The molecule has 0 bridgehead atoms. The second-order valence-electron chi connectivity index (χ2n) is 8.29. The molecule has 3 heterocycles. The molecule has 1 aliphatic carbocycles. The third-order valence-corrected chi connectivity index (χ3v) is 7.13. The predicted octanol–water partition coefficient (Wildman–Crippen LogP) is 3.71. The Morgan fingerprint density at radius 3 is 2.70 bits per heavy atom. The highest BCUT2D eigenvalue weighted by Gasteiger charge is 2.33. The van der Waals surface area contributed by atoms with Crippen molar-refractivity contribution in [3.63, 3.8) is 0 Å². The lowest BCUT2D eigenvalue weighted by Crippen LogP contribution is -2.43. The van der Waals surface area contributed by atoms with Gasteiger partial charge in [0.05, 0.1) is 16.3 Å². The van der Waals surface area contributed by atoms with Gasteiger partial charge in [-0.05, 0) is 37.8 Å². The summed E-state index contributed by atoms with van der Waals surface area (Å²) in [6, 6.07) is 8.58. The van der Waals surface area contributed by atoms with Gasteiger partial charge < -0.3 is 20.1 Å². The standard InChI is InChI=1S/C22H27N5O2S/c1-14(28)15-6-10-27(11-7-15)20-21(24-9-8-23-20)29-17-12-16(13-17)25-22-26-18-4-2-3-5-19(18)30-22/h2-5,8-9,14-17,28H,6-7,10-13H2,1H3,(H,25,26). The van der Waals surface area contributed by atoms with Gasteiger partial charge in [-0.25, -0.2) is 15.0 Å². The van der Waals surface area contributed by atoms with E-state index in [-0.39, 0.29) is 12.2 Å². The molecule has 3 aromatic rings. The monoisotopic (exact) mass is 425 g/mol. The lowest BCUT2D eigenvalue weighted by atomic mass is 9.89. The lowest BCUT2D eigenvalue weighted by Gasteiger charge is -2.37. The average Bonchev–Trinajstić information content (AvgIpc) is 3.15. The Hall–Kier alpha value is -2.45. The van der Waals surface area contributed by atoms with Crippen molar-refractivity contribution in [2.75, 3.05) is 23.3 Å². The number of hydrogen-bond acceptors (Lipinski definition) is 8. The van der Waals surface area contributed by atoms with Crippen molar-refractivity contribution in [1.82, 2.24) is 15.0 Å². The molecular weight excluding hydrogens is 398 g/mol. The Morgan fingerprint density at radius 1 is 1.17 bits per heavy atom. The maximum Gasteiger partial charge on any atom is 0.257 e. The summed E-state index contributed by atoms with van der Waals surface area (Å²) in [7, 11) is 0. The van der Waals surface area contributed by atoms with Crippen LogP contribution < -0.4 is 15.0 Å². The van der Waals surface area contributed by atoms with E-state index < -0.39 is 0 Å². The zero-order valence-corrected chi connectivity index (χ0v) is 17.9.